The number of aliphatic hydroxyl groups is 1. The van der Waals surface area contributed by atoms with E-state index < -0.39 is 5.54 Å². The first-order chi connectivity index (χ1) is 8.64. The molecule has 18 heavy (non-hydrogen) atoms. The largest absolute Gasteiger partial charge is 0.394 e. The van der Waals surface area contributed by atoms with Crippen molar-refractivity contribution >= 4 is 21.6 Å². The standard InChI is InChI=1S/C14H15BrN2O/c1-14(10-18,11-5-7-16-8-6-11)17-13-4-2-3-12(15)9-13/h2-9,17-18H,10H2,1H3. The Morgan fingerprint density at radius 1 is 1.28 bits per heavy atom. The van der Waals surface area contributed by atoms with E-state index >= 15 is 0 Å². The van der Waals surface area contributed by atoms with Crippen molar-refractivity contribution in [3.63, 3.8) is 0 Å². The van der Waals surface area contributed by atoms with Gasteiger partial charge in [0.05, 0.1) is 12.1 Å². The second kappa shape index (κ2) is 5.50. The number of aromatic nitrogens is 1. The highest BCUT2D eigenvalue weighted by Crippen LogP contribution is 2.26. The van der Waals surface area contributed by atoms with Crippen LogP contribution in [0.4, 0.5) is 5.69 Å². The number of hydrogen-bond donors (Lipinski definition) is 2. The molecule has 1 heterocycles. The maximum atomic E-state index is 9.67. The van der Waals surface area contributed by atoms with Gasteiger partial charge >= 0.3 is 0 Å². The first-order valence-electron chi connectivity index (χ1n) is 5.69. The lowest BCUT2D eigenvalue weighted by Crippen LogP contribution is -2.35. The van der Waals surface area contributed by atoms with Gasteiger partial charge in [0.1, 0.15) is 0 Å². The quantitative estimate of drug-likeness (QED) is 0.912. The predicted octanol–water partition coefficient (Wildman–Crippen LogP) is 3.16. The van der Waals surface area contributed by atoms with E-state index in [1.165, 1.54) is 0 Å². The summed E-state index contributed by atoms with van der Waals surface area (Å²) in [5.41, 5.74) is 1.43. The highest BCUT2D eigenvalue weighted by molar-refractivity contribution is 9.10. The van der Waals surface area contributed by atoms with Gasteiger partial charge in [0.25, 0.3) is 0 Å². The number of anilines is 1. The van der Waals surface area contributed by atoms with Gasteiger partial charge in [-0.1, -0.05) is 22.0 Å². The SMILES string of the molecule is CC(CO)(Nc1cccc(Br)c1)c1ccncc1. The van der Waals surface area contributed by atoms with Crippen LogP contribution >= 0.6 is 15.9 Å². The lowest BCUT2D eigenvalue weighted by molar-refractivity contribution is 0.224. The maximum absolute atomic E-state index is 9.67. The molecular formula is C14H15BrN2O. The number of nitrogens with one attached hydrogen (secondary N) is 1. The molecule has 2 N–H and O–H groups in total. The molecule has 1 atom stereocenters. The molecule has 0 aliphatic heterocycles. The van der Waals surface area contributed by atoms with E-state index in [-0.39, 0.29) is 6.61 Å². The van der Waals surface area contributed by atoms with Crippen LogP contribution in [0.25, 0.3) is 0 Å². The van der Waals surface area contributed by atoms with Gasteiger partial charge in [0.15, 0.2) is 0 Å². The highest BCUT2D eigenvalue weighted by atomic mass is 79.9. The molecule has 0 saturated heterocycles. The minimum atomic E-state index is -0.524. The van der Waals surface area contributed by atoms with Crippen LogP contribution < -0.4 is 5.32 Å². The van der Waals surface area contributed by atoms with Gasteiger partial charge in [-0.3, -0.25) is 4.98 Å². The molecule has 2 aromatic rings. The summed E-state index contributed by atoms with van der Waals surface area (Å²) in [4.78, 5) is 4.00. The van der Waals surface area contributed by atoms with Crippen LogP contribution in [-0.2, 0) is 5.54 Å². The molecule has 0 bridgehead atoms. The third-order valence-electron chi connectivity index (χ3n) is 2.88. The van der Waals surface area contributed by atoms with Crippen LogP contribution in [0.5, 0.6) is 0 Å². The molecule has 0 radical (unpaired) electrons. The van der Waals surface area contributed by atoms with Gasteiger partial charge in [-0.05, 0) is 42.8 Å². The van der Waals surface area contributed by atoms with Crippen molar-refractivity contribution in [1.29, 1.82) is 0 Å². The normalized spacial score (nSPS) is 13.9. The van der Waals surface area contributed by atoms with Gasteiger partial charge in [-0.15, -0.1) is 0 Å². The third kappa shape index (κ3) is 2.89. The van der Waals surface area contributed by atoms with Gasteiger partial charge in [0, 0.05) is 22.6 Å². The summed E-state index contributed by atoms with van der Waals surface area (Å²) in [6.07, 6.45) is 3.46. The van der Waals surface area contributed by atoms with E-state index in [2.05, 4.69) is 26.2 Å². The second-order valence-electron chi connectivity index (χ2n) is 4.36. The Kier molecular flexibility index (Phi) is 3.99. The number of pyridine rings is 1. The monoisotopic (exact) mass is 306 g/mol. The van der Waals surface area contributed by atoms with Crippen molar-refractivity contribution in [1.82, 2.24) is 4.98 Å². The average molecular weight is 307 g/mol. The molecule has 1 unspecified atom stereocenters. The summed E-state index contributed by atoms with van der Waals surface area (Å²) < 4.78 is 1.00. The Bertz CT molecular complexity index is 518. The summed E-state index contributed by atoms with van der Waals surface area (Å²) >= 11 is 3.44. The second-order valence-corrected chi connectivity index (χ2v) is 5.28. The van der Waals surface area contributed by atoms with Crippen LogP contribution in [0.3, 0.4) is 0 Å². The van der Waals surface area contributed by atoms with Crippen molar-refractivity contribution in [3.8, 4) is 0 Å². The summed E-state index contributed by atoms with van der Waals surface area (Å²) in [5.74, 6) is 0. The summed E-state index contributed by atoms with van der Waals surface area (Å²) in [5, 5.41) is 13.0. The Morgan fingerprint density at radius 2 is 2.00 bits per heavy atom. The van der Waals surface area contributed by atoms with Crippen molar-refractivity contribution in [2.24, 2.45) is 0 Å². The van der Waals surface area contributed by atoms with Gasteiger partial charge in [0.2, 0.25) is 0 Å². The number of nitrogens with zero attached hydrogens (tertiary/aromatic N) is 1. The lowest BCUT2D eigenvalue weighted by atomic mass is 9.93. The highest BCUT2D eigenvalue weighted by Gasteiger charge is 2.25. The summed E-state index contributed by atoms with van der Waals surface area (Å²) in [6.45, 7) is 1.97. The van der Waals surface area contributed by atoms with E-state index in [9.17, 15) is 5.11 Å². The van der Waals surface area contributed by atoms with Crippen molar-refractivity contribution in [2.45, 2.75) is 12.5 Å². The topological polar surface area (TPSA) is 45.1 Å². The smallest absolute Gasteiger partial charge is 0.0829 e. The van der Waals surface area contributed by atoms with Gasteiger partial charge in [-0.2, -0.15) is 0 Å². The Balaban J connectivity index is 2.29. The molecule has 1 aromatic heterocycles. The first kappa shape index (κ1) is 13.1. The molecule has 4 heteroatoms. The fraction of sp³-hybridized carbons (Fsp3) is 0.214. The number of rotatable bonds is 4. The van der Waals surface area contributed by atoms with Crippen molar-refractivity contribution in [2.75, 3.05) is 11.9 Å². The molecule has 2 rings (SSSR count). The average Bonchev–Trinajstić information content (AvgIpc) is 2.39. The van der Waals surface area contributed by atoms with Crippen LogP contribution in [0, 0.1) is 0 Å². The molecule has 0 aliphatic carbocycles. The fourth-order valence-electron chi connectivity index (χ4n) is 1.81. The van der Waals surface area contributed by atoms with Gasteiger partial charge in [-0.25, -0.2) is 0 Å². The van der Waals surface area contributed by atoms with Gasteiger partial charge < -0.3 is 10.4 Å². The van der Waals surface area contributed by atoms with Crippen LogP contribution in [0.2, 0.25) is 0 Å². The molecule has 0 saturated carbocycles. The molecular weight excluding hydrogens is 292 g/mol. The van der Waals surface area contributed by atoms with E-state index in [4.69, 9.17) is 0 Å². The minimum Gasteiger partial charge on any atom is -0.394 e. The van der Waals surface area contributed by atoms with E-state index in [0.29, 0.717) is 0 Å². The number of aliphatic hydroxyl groups excluding tert-OH is 1. The van der Waals surface area contributed by atoms with Crippen LogP contribution in [0.15, 0.2) is 53.3 Å². The summed E-state index contributed by atoms with van der Waals surface area (Å²) in [7, 11) is 0. The molecule has 1 aromatic carbocycles. The molecule has 0 spiro atoms. The summed E-state index contributed by atoms with van der Waals surface area (Å²) in [6, 6.07) is 11.7. The molecule has 3 nitrogen and oxygen atoms in total. The number of hydrogen-bond acceptors (Lipinski definition) is 3. The van der Waals surface area contributed by atoms with Crippen molar-refractivity contribution < 1.29 is 5.11 Å². The van der Waals surface area contributed by atoms with E-state index in [0.717, 1.165) is 15.7 Å². The van der Waals surface area contributed by atoms with E-state index in [1.54, 1.807) is 12.4 Å². The fourth-order valence-corrected chi connectivity index (χ4v) is 2.21. The maximum Gasteiger partial charge on any atom is 0.0829 e. The molecule has 0 aliphatic rings. The Hall–Kier alpha value is -1.39. The van der Waals surface area contributed by atoms with Crippen LogP contribution in [-0.4, -0.2) is 16.7 Å². The predicted molar refractivity (Wildman–Crippen MR) is 76.4 cm³/mol. The zero-order valence-corrected chi connectivity index (χ0v) is 11.7. The molecule has 94 valence electrons. The lowest BCUT2D eigenvalue weighted by Gasteiger charge is -2.30. The zero-order valence-electron chi connectivity index (χ0n) is 10.1. The Labute approximate surface area is 115 Å². The van der Waals surface area contributed by atoms with Crippen LogP contribution in [0.1, 0.15) is 12.5 Å². The number of benzene rings is 1. The Morgan fingerprint density at radius 3 is 2.61 bits per heavy atom. The molecule has 0 fully saturated rings. The minimum absolute atomic E-state index is 0.00350. The number of halogens is 1. The molecule has 0 amide bonds. The third-order valence-corrected chi connectivity index (χ3v) is 3.37. The van der Waals surface area contributed by atoms with Crippen molar-refractivity contribution in [3.05, 3.63) is 58.8 Å². The van der Waals surface area contributed by atoms with E-state index in [1.807, 2.05) is 43.3 Å². The first-order valence-corrected chi connectivity index (χ1v) is 6.48. The zero-order chi connectivity index (χ0) is 13.0.